The van der Waals surface area contributed by atoms with Crippen LogP contribution in [0.2, 0.25) is 0 Å². The van der Waals surface area contributed by atoms with Gasteiger partial charge in [0.05, 0.1) is 22.6 Å². The van der Waals surface area contributed by atoms with Crippen LogP contribution < -0.4 is 20.1 Å². The molecule has 1 aliphatic heterocycles. The van der Waals surface area contributed by atoms with Crippen molar-refractivity contribution in [2.45, 2.75) is 25.3 Å². The van der Waals surface area contributed by atoms with Crippen molar-refractivity contribution in [3.05, 3.63) is 101 Å². The molecule has 2 N–H and O–H groups in total. The molecule has 36 heavy (non-hydrogen) atoms. The third-order valence-corrected chi connectivity index (χ3v) is 6.27. The van der Waals surface area contributed by atoms with Crippen LogP contribution in [-0.2, 0) is 6.54 Å². The molecule has 0 bridgehead atoms. The zero-order valence-electron chi connectivity index (χ0n) is 19.4. The van der Waals surface area contributed by atoms with E-state index in [2.05, 4.69) is 10.6 Å². The number of rotatable bonds is 7. The molecule has 8 nitrogen and oxygen atoms in total. The van der Waals surface area contributed by atoms with Crippen LogP contribution in [0.25, 0.3) is 5.69 Å². The smallest absolute Gasteiger partial charge is 0.274 e. The van der Waals surface area contributed by atoms with Gasteiger partial charge in [-0.3, -0.25) is 9.59 Å². The van der Waals surface area contributed by atoms with E-state index in [0.29, 0.717) is 40.9 Å². The number of aromatic nitrogens is 2. The normalized spacial score (nSPS) is 13.9. The molecule has 0 atom stereocenters. The van der Waals surface area contributed by atoms with Gasteiger partial charge in [-0.15, -0.1) is 0 Å². The second-order valence-electron chi connectivity index (χ2n) is 8.85. The minimum absolute atomic E-state index is 0.198. The molecule has 0 spiro atoms. The van der Waals surface area contributed by atoms with Gasteiger partial charge >= 0.3 is 0 Å². The second kappa shape index (κ2) is 9.22. The third kappa shape index (κ3) is 4.40. The van der Waals surface area contributed by atoms with E-state index in [9.17, 15) is 9.59 Å². The first kappa shape index (κ1) is 21.9. The highest BCUT2D eigenvalue weighted by molar-refractivity contribution is 6.08. The maximum atomic E-state index is 13.4. The minimum Gasteiger partial charge on any atom is -0.454 e. The number of nitrogens with zero attached hydrogens (tertiary/aromatic N) is 2. The van der Waals surface area contributed by atoms with E-state index < -0.39 is 0 Å². The van der Waals surface area contributed by atoms with Gasteiger partial charge in [0, 0.05) is 12.5 Å². The summed E-state index contributed by atoms with van der Waals surface area (Å²) in [4.78, 5) is 26.4. The number of fused-ring (bicyclic) bond motifs is 1. The van der Waals surface area contributed by atoms with Gasteiger partial charge in [-0.25, -0.2) is 4.68 Å². The lowest BCUT2D eigenvalue weighted by Crippen LogP contribution is -2.25. The Morgan fingerprint density at radius 2 is 1.67 bits per heavy atom. The lowest BCUT2D eigenvalue weighted by Gasteiger charge is -2.12. The van der Waals surface area contributed by atoms with Gasteiger partial charge < -0.3 is 20.1 Å². The first-order chi connectivity index (χ1) is 17.7. The summed E-state index contributed by atoms with van der Waals surface area (Å²) in [5.74, 6) is 1.14. The van der Waals surface area contributed by atoms with Crippen molar-refractivity contribution in [3.8, 4) is 17.2 Å². The van der Waals surface area contributed by atoms with Crippen LogP contribution in [0.4, 0.5) is 5.69 Å². The number of carbonyl (C=O) groups is 2. The maximum absolute atomic E-state index is 13.4. The fourth-order valence-corrected chi connectivity index (χ4v) is 4.21. The van der Waals surface area contributed by atoms with E-state index in [1.165, 1.54) is 0 Å². The average Bonchev–Trinajstić information content (AvgIpc) is 3.48. The standard InChI is InChI=1S/C28H24N4O4/c33-27(29-16-18-10-13-25-26(14-18)36-17-35-25)21-8-4-5-9-22(21)30-28(34)24-15-23(19-11-12-19)31-32(24)20-6-2-1-3-7-20/h1-10,13-15,19H,11-12,16-17H2,(H,29,33)(H,30,34). The number of hydrogen-bond acceptors (Lipinski definition) is 5. The molecule has 1 saturated carbocycles. The number of para-hydroxylation sites is 2. The molecule has 0 radical (unpaired) electrons. The van der Waals surface area contributed by atoms with Crippen molar-refractivity contribution in [3.63, 3.8) is 0 Å². The molecule has 0 unspecified atom stereocenters. The summed E-state index contributed by atoms with van der Waals surface area (Å²) in [6, 6.07) is 23.9. The molecule has 4 aromatic rings. The summed E-state index contributed by atoms with van der Waals surface area (Å²) in [6.07, 6.45) is 2.17. The highest BCUT2D eigenvalue weighted by Crippen LogP contribution is 2.40. The Morgan fingerprint density at radius 1 is 0.889 bits per heavy atom. The van der Waals surface area contributed by atoms with Gasteiger partial charge in [0.15, 0.2) is 11.5 Å². The second-order valence-corrected chi connectivity index (χ2v) is 8.85. The van der Waals surface area contributed by atoms with Crippen LogP contribution in [-0.4, -0.2) is 28.4 Å². The quantitative estimate of drug-likeness (QED) is 0.401. The fourth-order valence-electron chi connectivity index (χ4n) is 4.21. The van der Waals surface area contributed by atoms with Crippen molar-refractivity contribution in [1.82, 2.24) is 15.1 Å². The van der Waals surface area contributed by atoms with Gasteiger partial charge in [0.25, 0.3) is 11.8 Å². The molecule has 2 amide bonds. The average molecular weight is 481 g/mol. The molecule has 0 saturated heterocycles. The highest BCUT2D eigenvalue weighted by atomic mass is 16.7. The van der Waals surface area contributed by atoms with E-state index in [1.54, 1.807) is 28.9 Å². The van der Waals surface area contributed by atoms with Crippen molar-refractivity contribution in [2.24, 2.45) is 0 Å². The summed E-state index contributed by atoms with van der Waals surface area (Å²) < 4.78 is 12.4. The monoisotopic (exact) mass is 480 g/mol. The molecule has 2 aliphatic rings. The highest BCUT2D eigenvalue weighted by Gasteiger charge is 2.29. The number of amides is 2. The number of ether oxygens (including phenoxy) is 2. The summed E-state index contributed by atoms with van der Waals surface area (Å²) in [5.41, 5.74) is 3.84. The number of benzene rings is 3. The Labute approximate surface area is 207 Å². The minimum atomic E-state index is -0.325. The van der Waals surface area contributed by atoms with Crippen LogP contribution >= 0.6 is 0 Å². The van der Waals surface area contributed by atoms with Gasteiger partial charge in [0.2, 0.25) is 6.79 Å². The molecule has 2 heterocycles. The molecule has 8 heteroatoms. The maximum Gasteiger partial charge on any atom is 0.274 e. The van der Waals surface area contributed by atoms with Crippen LogP contribution in [0.3, 0.4) is 0 Å². The first-order valence-electron chi connectivity index (χ1n) is 11.9. The fraction of sp³-hybridized carbons (Fsp3) is 0.179. The van der Waals surface area contributed by atoms with Crippen LogP contribution in [0, 0.1) is 0 Å². The molecule has 3 aromatic carbocycles. The largest absolute Gasteiger partial charge is 0.454 e. The van der Waals surface area contributed by atoms with Gasteiger partial charge in [-0.2, -0.15) is 5.10 Å². The predicted octanol–water partition coefficient (Wildman–Crippen LogP) is 4.66. The van der Waals surface area contributed by atoms with E-state index >= 15 is 0 Å². The summed E-state index contributed by atoms with van der Waals surface area (Å²) in [5, 5.41) is 10.6. The Morgan fingerprint density at radius 3 is 2.50 bits per heavy atom. The van der Waals surface area contributed by atoms with Gasteiger partial charge in [0.1, 0.15) is 5.69 Å². The summed E-state index contributed by atoms with van der Waals surface area (Å²) in [6.45, 7) is 0.507. The lowest BCUT2D eigenvalue weighted by molar-refractivity contribution is 0.0951. The molecule has 1 fully saturated rings. The zero-order chi connectivity index (χ0) is 24.5. The lowest BCUT2D eigenvalue weighted by atomic mass is 10.1. The molecule has 1 aromatic heterocycles. The van der Waals surface area contributed by atoms with E-state index in [-0.39, 0.29) is 18.6 Å². The zero-order valence-corrected chi connectivity index (χ0v) is 19.4. The molecule has 1 aliphatic carbocycles. The van der Waals surface area contributed by atoms with Gasteiger partial charge in [-0.05, 0) is 60.9 Å². The predicted molar refractivity (Wildman–Crippen MR) is 134 cm³/mol. The van der Waals surface area contributed by atoms with E-state index in [4.69, 9.17) is 14.6 Å². The van der Waals surface area contributed by atoms with Crippen LogP contribution in [0.1, 0.15) is 50.9 Å². The van der Waals surface area contributed by atoms with Crippen molar-refractivity contribution in [2.75, 3.05) is 12.1 Å². The summed E-state index contributed by atoms with van der Waals surface area (Å²) >= 11 is 0. The number of hydrogen-bond donors (Lipinski definition) is 2. The van der Waals surface area contributed by atoms with Crippen LogP contribution in [0.5, 0.6) is 11.5 Å². The van der Waals surface area contributed by atoms with E-state index in [1.807, 2.05) is 54.6 Å². The summed E-state index contributed by atoms with van der Waals surface area (Å²) in [7, 11) is 0. The first-order valence-corrected chi connectivity index (χ1v) is 11.9. The SMILES string of the molecule is O=C(NCc1ccc2c(c1)OCO2)c1ccccc1NC(=O)c1cc(C2CC2)nn1-c1ccccc1. The van der Waals surface area contributed by atoms with E-state index in [0.717, 1.165) is 29.8 Å². The number of carbonyl (C=O) groups excluding carboxylic acids is 2. The Hall–Kier alpha value is -4.59. The number of nitrogens with one attached hydrogen (secondary N) is 2. The third-order valence-electron chi connectivity index (χ3n) is 6.27. The Kier molecular flexibility index (Phi) is 5.61. The van der Waals surface area contributed by atoms with Crippen molar-refractivity contribution in [1.29, 1.82) is 0 Å². The molecule has 180 valence electrons. The molecular formula is C28H24N4O4. The molecular weight excluding hydrogens is 456 g/mol. The Balaban J connectivity index is 1.21. The Bertz CT molecular complexity index is 1440. The van der Waals surface area contributed by atoms with Gasteiger partial charge in [-0.1, -0.05) is 36.4 Å². The topological polar surface area (TPSA) is 94.5 Å². The van der Waals surface area contributed by atoms with Crippen LogP contribution in [0.15, 0.2) is 78.9 Å². The van der Waals surface area contributed by atoms with Crippen molar-refractivity contribution >= 4 is 17.5 Å². The van der Waals surface area contributed by atoms with Crippen molar-refractivity contribution < 1.29 is 19.1 Å². The number of anilines is 1. The molecule has 6 rings (SSSR count).